The molecule has 0 unspecified atom stereocenters. The second kappa shape index (κ2) is 7.97. The van der Waals surface area contributed by atoms with E-state index in [0.29, 0.717) is 12.5 Å². The molecule has 0 spiro atoms. The van der Waals surface area contributed by atoms with E-state index in [-0.39, 0.29) is 0 Å². The Kier molecular flexibility index (Phi) is 5.22. The molecule has 3 aliphatic rings. The highest BCUT2D eigenvalue weighted by Crippen LogP contribution is 2.29. The smallest absolute Gasteiger partial charge is 0.236 e. The van der Waals surface area contributed by atoms with Crippen molar-refractivity contribution in [3.05, 3.63) is 24.3 Å². The number of hydrogen-bond donors (Lipinski definition) is 0. The van der Waals surface area contributed by atoms with Crippen LogP contribution in [-0.4, -0.2) is 90.5 Å². The van der Waals surface area contributed by atoms with Crippen molar-refractivity contribution in [3.63, 3.8) is 0 Å². The molecule has 0 atom stereocenters. The number of para-hydroxylation sites is 1. The topological polar surface area (TPSA) is 42.9 Å². The highest BCUT2D eigenvalue weighted by molar-refractivity contribution is 7.22. The SMILES string of the molecule is O=C(CN1CCN(c2nc3ccccc3s2)CC1)N1CCN(C2CCC2)CC1. The third-order valence-electron chi connectivity index (χ3n) is 6.54. The minimum absolute atomic E-state index is 0.307. The average Bonchev–Trinajstić information content (AvgIpc) is 3.12. The van der Waals surface area contributed by atoms with Crippen LogP contribution in [0.1, 0.15) is 19.3 Å². The Morgan fingerprint density at radius 1 is 1.00 bits per heavy atom. The van der Waals surface area contributed by atoms with Crippen LogP contribution in [-0.2, 0) is 4.79 Å². The van der Waals surface area contributed by atoms with Crippen molar-refractivity contribution < 1.29 is 4.79 Å². The van der Waals surface area contributed by atoms with Gasteiger partial charge in [0.05, 0.1) is 16.8 Å². The van der Waals surface area contributed by atoms with Crippen molar-refractivity contribution in [2.24, 2.45) is 0 Å². The third-order valence-corrected chi connectivity index (χ3v) is 7.64. The molecular weight excluding hydrogens is 370 g/mol. The first-order valence-electron chi connectivity index (χ1n) is 10.6. The molecule has 1 aromatic carbocycles. The molecule has 1 aromatic heterocycles. The van der Waals surface area contributed by atoms with Gasteiger partial charge in [-0.3, -0.25) is 14.6 Å². The zero-order valence-electron chi connectivity index (χ0n) is 16.4. The fraction of sp³-hybridized carbons (Fsp3) is 0.619. The van der Waals surface area contributed by atoms with Crippen LogP contribution in [0.5, 0.6) is 0 Å². The Morgan fingerprint density at radius 2 is 1.75 bits per heavy atom. The summed E-state index contributed by atoms with van der Waals surface area (Å²) in [6.45, 7) is 8.25. The highest BCUT2D eigenvalue weighted by atomic mass is 32.1. The molecule has 0 radical (unpaired) electrons. The second-order valence-electron chi connectivity index (χ2n) is 8.23. The number of benzene rings is 1. The summed E-state index contributed by atoms with van der Waals surface area (Å²) in [5, 5.41) is 1.11. The highest BCUT2D eigenvalue weighted by Gasteiger charge is 2.30. The van der Waals surface area contributed by atoms with Crippen LogP contribution in [0.2, 0.25) is 0 Å². The van der Waals surface area contributed by atoms with Crippen LogP contribution in [0.25, 0.3) is 10.2 Å². The molecule has 0 N–H and O–H groups in total. The first-order chi connectivity index (χ1) is 13.8. The number of amides is 1. The fourth-order valence-electron chi connectivity index (χ4n) is 4.47. The maximum Gasteiger partial charge on any atom is 0.236 e. The van der Waals surface area contributed by atoms with Gasteiger partial charge in [0.2, 0.25) is 5.91 Å². The molecule has 1 saturated carbocycles. The van der Waals surface area contributed by atoms with Gasteiger partial charge in [0.15, 0.2) is 5.13 Å². The zero-order chi connectivity index (χ0) is 18.9. The van der Waals surface area contributed by atoms with E-state index in [2.05, 4.69) is 37.8 Å². The second-order valence-corrected chi connectivity index (χ2v) is 9.24. The number of carbonyl (C=O) groups is 1. The molecule has 28 heavy (non-hydrogen) atoms. The van der Waals surface area contributed by atoms with Crippen LogP contribution in [0.4, 0.5) is 5.13 Å². The first kappa shape index (κ1) is 18.3. The van der Waals surface area contributed by atoms with E-state index in [0.717, 1.165) is 69.0 Å². The van der Waals surface area contributed by atoms with Gasteiger partial charge in [0, 0.05) is 58.4 Å². The van der Waals surface area contributed by atoms with Gasteiger partial charge in [-0.05, 0) is 25.0 Å². The van der Waals surface area contributed by atoms with Gasteiger partial charge in [0.1, 0.15) is 0 Å². The summed E-state index contributed by atoms with van der Waals surface area (Å²) in [7, 11) is 0. The summed E-state index contributed by atoms with van der Waals surface area (Å²) in [5.41, 5.74) is 1.08. The van der Waals surface area contributed by atoms with Gasteiger partial charge >= 0.3 is 0 Å². The zero-order valence-corrected chi connectivity index (χ0v) is 17.2. The maximum atomic E-state index is 12.7. The van der Waals surface area contributed by atoms with Crippen molar-refractivity contribution in [2.45, 2.75) is 25.3 Å². The molecule has 1 aliphatic carbocycles. The monoisotopic (exact) mass is 399 g/mol. The number of nitrogens with zero attached hydrogens (tertiary/aromatic N) is 5. The van der Waals surface area contributed by atoms with Gasteiger partial charge in [0.25, 0.3) is 0 Å². The molecule has 5 rings (SSSR count). The van der Waals surface area contributed by atoms with Crippen LogP contribution in [0, 0.1) is 0 Å². The van der Waals surface area contributed by atoms with E-state index in [1.165, 1.54) is 24.0 Å². The van der Waals surface area contributed by atoms with Crippen LogP contribution >= 0.6 is 11.3 Å². The first-order valence-corrected chi connectivity index (χ1v) is 11.4. The van der Waals surface area contributed by atoms with Gasteiger partial charge in [-0.25, -0.2) is 4.98 Å². The van der Waals surface area contributed by atoms with E-state index >= 15 is 0 Å². The lowest BCUT2D eigenvalue weighted by Crippen LogP contribution is -2.56. The molecule has 2 aliphatic heterocycles. The number of rotatable bonds is 4. The molecular formula is C21H29N5OS. The Bertz CT molecular complexity index is 786. The Labute approximate surface area is 170 Å². The van der Waals surface area contributed by atoms with Crippen molar-refractivity contribution in [1.82, 2.24) is 19.7 Å². The lowest BCUT2D eigenvalue weighted by Gasteiger charge is -2.43. The molecule has 7 heteroatoms. The fourth-order valence-corrected chi connectivity index (χ4v) is 5.49. The van der Waals surface area contributed by atoms with E-state index in [1.54, 1.807) is 11.3 Å². The van der Waals surface area contributed by atoms with Crippen molar-refractivity contribution in [1.29, 1.82) is 0 Å². The van der Waals surface area contributed by atoms with Crippen molar-refractivity contribution in [2.75, 3.05) is 63.8 Å². The minimum atomic E-state index is 0.307. The normalized spacial score (nSPS) is 22.6. The Morgan fingerprint density at radius 3 is 2.43 bits per heavy atom. The number of thiazole rings is 1. The maximum absolute atomic E-state index is 12.7. The summed E-state index contributed by atoms with van der Waals surface area (Å²) >= 11 is 1.77. The Balaban J connectivity index is 1.09. The lowest BCUT2D eigenvalue weighted by atomic mass is 9.91. The van der Waals surface area contributed by atoms with Gasteiger partial charge in [-0.2, -0.15) is 0 Å². The van der Waals surface area contributed by atoms with Crippen LogP contribution in [0.15, 0.2) is 24.3 Å². The number of carbonyl (C=O) groups excluding carboxylic acids is 1. The number of fused-ring (bicyclic) bond motifs is 1. The Hall–Kier alpha value is -1.70. The number of anilines is 1. The summed E-state index contributed by atoms with van der Waals surface area (Å²) < 4.78 is 1.25. The molecule has 150 valence electrons. The quantitative estimate of drug-likeness (QED) is 0.788. The van der Waals surface area contributed by atoms with Gasteiger partial charge < -0.3 is 9.80 Å². The standard InChI is InChI=1S/C21H29N5OS/c27-20(25-14-12-24(13-15-25)17-4-3-5-17)16-23-8-10-26(11-9-23)21-22-18-6-1-2-7-19(18)28-21/h1-2,6-7,17H,3-5,8-16H2. The van der Waals surface area contributed by atoms with Crippen LogP contribution in [0.3, 0.4) is 0 Å². The molecule has 0 bridgehead atoms. The summed E-state index contributed by atoms with van der Waals surface area (Å²) in [6.07, 6.45) is 4.09. The van der Waals surface area contributed by atoms with Gasteiger partial charge in [-0.1, -0.05) is 29.9 Å². The molecule has 2 saturated heterocycles. The summed E-state index contributed by atoms with van der Waals surface area (Å²) in [6, 6.07) is 9.12. The van der Waals surface area contributed by atoms with Crippen molar-refractivity contribution >= 4 is 32.6 Å². The third kappa shape index (κ3) is 3.75. The minimum Gasteiger partial charge on any atom is -0.345 e. The number of hydrogen-bond acceptors (Lipinski definition) is 6. The lowest BCUT2D eigenvalue weighted by molar-refractivity contribution is -0.134. The molecule has 3 fully saturated rings. The number of aromatic nitrogens is 1. The summed E-state index contributed by atoms with van der Waals surface area (Å²) in [5.74, 6) is 0.307. The van der Waals surface area contributed by atoms with Crippen molar-refractivity contribution in [3.8, 4) is 0 Å². The summed E-state index contributed by atoms with van der Waals surface area (Å²) in [4.78, 5) is 26.9. The largest absolute Gasteiger partial charge is 0.345 e. The molecule has 3 heterocycles. The van der Waals surface area contributed by atoms with Gasteiger partial charge in [-0.15, -0.1) is 0 Å². The number of piperazine rings is 2. The van der Waals surface area contributed by atoms with E-state index < -0.39 is 0 Å². The van der Waals surface area contributed by atoms with Crippen LogP contribution < -0.4 is 4.90 Å². The predicted molar refractivity (Wildman–Crippen MR) is 114 cm³/mol. The average molecular weight is 400 g/mol. The molecule has 6 nitrogen and oxygen atoms in total. The molecule has 2 aromatic rings. The van der Waals surface area contributed by atoms with E-state index in [4.69, 9.17) is 4.98 Å². The predicted octanol–water partition coefficient (Wildman–Crippen LogP) is 2.11. The van der Waals surface area contributed by atoms with E-state index in [9.17, 15) is 4.79 Å². The molecule has 1 amide bonds. The van der Waals surface area contributed by atoms with E-state index in [1.807, 2.05) is 6.07 Å².